The summed E-state index contributed by atoms with van der Waals surface area (Å²) in [7, 11) is 0. The van der Waals surface area contributed by atoms with Crippen molar-refractivity contribution >= 4 is 21.6 Å². The first kappa shape index (κ1) is 10.4. The summed E-state index contributed by atoms with van der Waals surface area (Å²) in [6.07, 6.45) is 1.94. The van der Waals surface area contributed by atoms with Gasteiger partial charge in [-0.1, -0.05) is 18.2 Å². The van der Waals surface area contributed by atoms with Crippen LogP contribution in [0.3, 0.4) is 0 Å². The molecule has 4 heteroatoms. The van der Waals surface area contributed by atoms with Crippen molar-refractivity contribution in [2.45, 2.75) is 0 Å². The first-order chi connectivity index (χ1) is 8.24. The second kappa shape index (κ2) is 3.89. The summed E-state index contributed by atoms with van der Waals surface area (Å²) in [6, 6.07) is 12.9. The zero-order valence-corrected chi connectivity index (χ0v) is 10.4. The van der Waals surface area contributed by atoms with Crippen molar-refractivity contribution in [1.82, 2.24) is 9.38 Å². The second-order valence-corrected chi connectivity index (χ2v) is 4.57. The predicted molar refractivity (Wildman–Crippen MR) is 70.0 cm³/mol. The van der Waals surface area contributed by atoms with Gasteiger partial charge >= 0.3 is 0 Å². The van der Waals surface area contributed by atoms with Crippen LogP contribution in [-0.2, 0) is 0 Å². The van der Waals surface area contributed by atoms with Crippen LogP contribution in [-0.4, -0.2) is 14.5 Å². The molecule has 3 rings (SSSR count). The van der Waals surface area contributed by atoms with E-state index in [4.69, 9.17) is 0 Å². The van der Waals surface area contributed by atoms with Crippen LogP contribution in [0.4, 0.5) is 0 Å². The van der Waals surface area contributed by atoms with Gasteiger partial charge in [0.05, 0.1) is 10.3 Å². The van der Waals surface area contributed by atoms with Gasteiger partial charge in [0.2, 0.25) is 0 Å². The number of aromatic nitrogens is 2. The minimum atomic E-state index is 0.249. The molecule has 0 spiro atoms. The van der Waals surface area contributed by atoms with Crippen LogP contribution < -0.4 is 0 Å². The molecule has 0 unspecified atom stereocenters. The lowest BCUT2D eigenvalue weighted by Gasteiger charge is -1.96. The van der Waals surface area contributed by atoms with Crippen molar-refractivity contribution in [2.24, 2.45) is 0 Å². The van der Waals surface area contributed by atoms with E-state index in [1.807, 2.05) is 40.9 Å². The molecule has 0 bridgehead atoms. The SMILES string of the molecule is Oc1cccc(-c2cn3c(Br)cccc3n2)c1. The first-order valence-corrected chi connectivity index (χ1v) is 5.96. The van der Waals surface area contributed by atoms with E-state index in [2.05, 4.69) is 20.9 Å². The highest BCUT2D eigenvalue weighted by atomic mass is 79.9. The molecular weight excluding hydrogens is 280 g/mol. The molecule has 0 saturated carbocycles. The third-order valence-electron chi connectivity index (χ3n) is 2.58. The van der Waals surface area contributed by atoms with Crippen molar-refractivity contribution in [2.75, 3.05) is 0 Å². The minimum Gasteiger partial charge on any atom is -0.508 e. The number of pyridine rings is 1. The lowest BCUT2D eigenvalue weighted by atomic mass is 10.2. The van der Waals surface area contributed by atoms with Crippen LogP contribution in [0, 0.1) is 0 Å². The van der Waals surface area contributed by atoms with E-state index in [9.17, 15) is 5.11 Å². The highest BCUT2D eigenvalue weighted by Gasteiger charge is 2.06. The molecule has 3 aromatic rings. The number of nitrogens with zero attached hydrogens (tertiary/aromatic N) is 2. The molecule has 2 heterocycles. The lowest BCUT2D eigenvalue weighted by molar-refractivity contribution is 0.475. The third kappa shape index (κ3) is 1.80. The van der Waals surface area contributed by atoms with E-state index in [-0.39, 0.29) is 5.75 Å². The Bertz CT molecular complexity index is 691. The maximum Gasteiger partial charge on any atom is 0.138 e. The number of aromatic hydroxyl groups is 1. The van der Waals surface area contributed by atoms with Crippen LogP contribution in [0.2, 0.25) is 0 Å². The number of rotatable bonds is 1. The Kier molecular flexibility index (Phi) is 2.37. The van der Waals surface area contributed by atoms with Gasteiger partial charge in [-0.15, -0.1) is 0 Å². The fourth-order valence-corrected chi connectivity index (χ4v) is 2.22. The van der Waals surface area contributed by atoms with Gasteiger partial charge in [-0.2, -0.15) is 0 Å². The number of hydrogen-bond donors (Lipinski definition) is 1. The molecule has 0 fully saturated rings. The minimum absolute atomic E-state index is 0.249. The quantitative estimate of drug-likeness (QED) is 0.696. The Morgan fingerprint density at radius 3 is 2.71 bits per heavy atom. The third-order valence-corrected chi connectivity index (χ3v) is 3.23. The summed E-state index contributed by atoms with van der Waals surface area (Å²) in [5.74, 6) is 0.249. The molecule has 0 radical (unpaired) electrons. The van der Waals surface area contributed by atoms with E-state index in [1.54, 1.807) is 12.1 Å². The van der Waals surface area contributed by atoms with E-state index < -0.39 is 0 Å². The molecule has 84 valence electrons. The van der Waals surface area contributed by atoms with E-state index in [1.165, 1.54) is 0 Å². The van der Waals surface area contributed by atoms with Crippen LogP contribution in [0.15, 0.2) is 53.3 Å². The van der Waals surface area contributed by atoms with Gasteiger partial charge in [-0.3, -0.25) is 4.40 Å². The Morgan fingerprint density at radius 1 is 1.12 bits per heavy atom. The van der Waals surface area contributed by atoms with Crippen LogP contribution in [0.1, 0.15) is 0 Å². The van der Waals surface area contributed by atoms with Crippen molar-refractivity contribution in [3.8, 4) is 17.0 Å². The van der Waals surface area contributed by atoms with Crippen molar-refractivity contribution in [3.63, 3.8) is 0 Å². The molecule has 1 aromatic carbocycles. The van der Waals surface area contributed by atoms with Gasteiger partial charge < -0.3 is 5.11 Å². The number of halogens is 1. The maximum absolute atomic E-state index is 9.46. The summed E-state index contributed by atoms with van der Waals surface area (Å²) in [4.78, 5) is 4.51. The zero-order chi connectivity index (χ0) is 11.8. The smallest absolute Gasteiger partial charge is 0.138 e. The summed E-state index contributed by atoms with van der Waals surface area (Å²) in [5.41, 5.74) is 2.62. The molecule has 3 nitrogen and oxygen atoms in total. The Labute approximate surface area is 106 Å². The summed E-state index contributed by atoms with van der Waals surface area (Å²) >= 11 is 3.47. The van der Waals surface area contributed by atoms with Gasteiger partial charge in [0.1, 0.15) is 11.4 Å². The van der Waals surface area contributed by atoms with Crippen LogP contribution in [0.25, 0.3) is 16.9 Å². The van der Waals surface area contributed by atoms with Gasteiger partial charge in [-0.25, -0.2) is 4.98 Å². The molecule has 17 heavy (non-hydrogen) atoms. The van der Waals surface area contributed by atoms with E-state index >= 15 is 0 Å². The number of benzene rings is 1. The largest absolute Gasteiger partial charge is 0.508 e. The summed E-state index contributed by atoms with van der Waals surface area (Å²) in [5, 5.41) is 9.46. The average molecular weight is 289 g/mol. The molecular formula is C13H9BrN2O. The zero-order valence-electron chi connectivity index (χ0n) is 8.84. The van der Waals surface area contributed by atoms with Gasteiger partial charge in [0.25, 0.3) is 0 Å². The molecule has 2 aromatic heterocycles. The monoisotopic (exact) mass is 288 g/mol. The Balaban J connectivity index is 2.22. The van der Waals surface area contributed by atoms with Crippen LogP contribution in [0.5, 0.6) is 5.75 Å². The number of phenolic OH excluding ortho intramolecular Hbond substituents is 1. The first-order valence-electron chi connectivity index (χ1n) is 5.17. The topological polar surface area (TPSA) is 37.5 Å². The number of fused-ring (bicyclic) bond motifs is 1. The molecule has 0 atom stereocenters. The molecule has 0 aliphatic rings. The molecule has 0 aliphatic heterocycles. The molecule has 0 aliphatic carbocycles. The predicted octanol–water partition coefficient (Wildman–Crippen LogP) is 3.47. The fourth-order valence-electron chi connectivity index (χ4n) is 1.78. The second-order valence-electron chi connectivity index (χ2n) is 3.75. The van der Waals surface area contributed by atoms with Crippen molar-refractivity contribution in [3.05, 3.63) is 53.3 Å². The Morgan fingerprint density at radius 2 is 1.94 bits per heavy atom. The van der Waals surface area contributed by atoms with Crippen molar-refractivity contribution < 1.29 is 5.11 Å². The highest BCUT2D eigenvalue weighted by molar-refractivity contribution is 9.10. The van der Waals surface area contributed by atoms with Gasteiger partial charge in [-0.05, 0) is 40.2 Å². The Hall–Kier alpha value is -1.81. The molecule has 1 N–H and O–H groups in total. The van der Waals surface area contributed by atoms with Gasteiger partial charge in [0, 0.05) is 11.8 Å². The molecule has 0 saturated heterocycles. The summed E-state index contributed by atoms with van der Waals surface area (Å²) < 4.78 is 2.91. The summed E-state index contributed by atoms with van der Waals surface area (Å²) in [6.45, 7) is 0. The number of imidazole rings is 1. The lowest BCUT2D eigenvalue weighted by Crippen LogP contribution is -1.82. The number of hydrogen-bond acceptors (Lipinski definition) is 2. The molecule has 0 amide bonds. The highest BCUT2D eigenvalue weighted by Crippen LogP contribution is 2.24. The van der Waals surface area contributed by atoms with Crippen molar-refractivity contribution in [1.29, 1.82) is 0 Å². The number of phenols is 1. The normalized spacial score (nSPS) is 10.9. The maximum atomic E-state index is 9.46. The van der Waals surface area contributed by atoms with Crippen LogP contribution >= 0.6 is 15.9 Å². The van der Waals surface area contributed by atoms with Gasteiger partial charge in [0.15, 0.2) is 0 Å². The van der Waals surface area contributed by atoms with E-state index in [0.29, 0.717) is 0 Å². The van der Waals surface area contributed by atoms with E-state index in [0.717, 1.165) is 21.5 Å². The standard InChI is InChI=1S/C13H9BrN2O/c14-12-5-2-6-13-15-11(8-16(12)13)9-3-1-4-10(17)7-9/h1-8,17H. The average Bonchev–Trinajstić information content (AvgIpc) is 2.74. The fraction of sp³-hybridized carbons (Fsp3) is 0.